The average Bonchev–Trinajstić information content (AvgIpc) is 3.21. The van der Waals surface area contributed by atoms with Crippen molar-refractivity contribution in [2.45, 2.75) is 19.1 Å². The minimum Gasteiger partial charge on any atom is -0.348 e. The Balaban J connectivity index is 1.86. The Labute approximate surface area is 170 Å². The highest BCUT2D eigenvalue weighted by atomic mass is 19.4. The number of nitrogens with two attached hydrogens (primary N) is 1. The molecule has 0 aliphatic carbocycles. The Bertz CT molecular complexity index is 1240. The highest BCUT2D eigenvalue weighted by Gasteiger charge is 2.30. The maximum atomic E-state index is 12.9. The van der Waals surface area contributed by atoms with Gasteiger partial charge in [0, 0.05) is 47.9 Å². The summed E-state index contributed by atoms with van der Waals surface area (Å²) in [5.74, 6) is -0.242. The van der Waals surface area contributed by atoms with Gasteiger partial charge >= 0.3 is 6.18 Å². The van der Waals surface area contributed by atoms with Crippen molar-refractivity contribution >= 4 is 27.8 Å². The Kier molecular flexibility index (Phi) is 4.77. The number of alkyl halides is 3. The molecule has 4 rings (SSSR count). The van der Waals surface area contributed by atoms with Gasteiger partial charge in [0.2, 0.25) is 0 Å². The highest BCUT2D eigenvalue weighted by Crippen LogP contribution is 2.34. The summed E-state index contributed by atoms with van der Waals surface area (Å²) in [6, 6.07) is 9.98. The second kappa shape index (κ2) is 7.17. The normalized spacial score (nSPS) is 13.1. The van der Waals surface area contributed by atoms with Crippen molar-refractivity contribution in [2.75, 3.05) is 6.54 Å². The summed E-state index contributed by atoms with van der Waals surface area (Å²) < 4.78 is 42.2. The van der Waals surface area contributed by atoms with Crippen LogP contribution in [0.3, 0.4) is 0 Å². The van der Waals surface area contributed by atoms with E-state index in [1.54, 1.807) is 34.5 Å². The van der Waals surface area contributed by atoms with Gasteiger partial charge in [-0.25, -0.2) is 0 Å². The average molecular weight is 415 g/mol. The van der Waals surface area contributed by atoms with Crippen molar-refractivity contribution in [3.05, 3.63) is 59.8 Å². The zero-order valence-corrected chi connectivity index (χ0v) is 16.4. The molecule has 1 atom stereocenters. The highest BCUT2D eigenvalue weighted by molar-refractivity contribution is 6.10. The fourth-order valence-corrected chi connectivity index (χ4v) is 3.46. The number of benzene rings is 2. The maximum Gasteiger partial charge on any atom is 0.416 e. The molecule has 2 aromatic carbocycles. The molecule has 9 heteroatoms. The molecule has 0 spiro atoms. The molecule has 4 aromatic rings. The lowest BCUT2D eigenvalue weighted by molar-refractivity contribution is -0.137. The summed E-state index contributed by atoms with van der Waals surface area (Å²) in [6.45, 7) is 2.14. The first-order valence-electron chi connectivity index (χ1n) is 9.35. The zero-order chi connectivity index (χ0) is 21.6. The number of fused-ring (bicyclic) bond motifs is 3. The number of rotatable bonds is 4. The Hall–Kier alpha value is -3.33. The van der Waals surface area contributed by atoms with Crippen LogP contribution in [-0.2, 0) is 13.2 Å². The van der Waals surface area contributed by atoms with E-state index in [0.29, 0.717) is 23.4 Å². The SMILES string of the molecule is CC(CN)NC(=O)c1ccc2c(c1)c1cn(C)nc1n2-c1ccc(C(F)(F)F)cc1. The van der Waals surface area contributed by atoms with Crippen molar-refractivity contribution in [1.82, 2.24) is 19.7 Å². The number of nitrogens with zero attached hydrogens (tertiary/aromatic N) is 3. The van der Waals surface area contributed by atoms with Crippen LogP contribution in [0.25, 0.3) is 27.6 Å². The van der Waals surface area contributed by atoms with Crippen molar-refractivity contribution in [1.29, 1.82) is 0 Å². The molecule has 0 bridgehead atoms. The molecule has 0 saturated carbocycles. The third-order valence-electron chi connectivity index (χ3n) is 4.99. The number of aryl methyl sites for hydroxylation is 1. The van der Waals surface area contributed by atoms with E-state index in [2.05, 4.69) is 10.4 Å². The Morgan fingerprint density at radius 1 is 1.17 bits per heavy atom. The fraction of sp³-hybridized carbons (Fsp3) is 0.238. The van der Waals surface area contributed by atoms with Crippen molar-refractivity contribution in [2.24, 2.45) is 12.8 Å². The van der Waals surface area contributed by atoms with E-state index in [4.69, 9.17) is 5.73 Å². The van der Waals surface area contributed by atoms with Gasteiger partial charge in [-0.05, 0) is 49.4 Å². The lowest BCUT2D eigenvalue weighted by atomic mass is 10.1. The first-order chi connectivity index (χ1) is 14.2. The van der Waals surface area contributed by atoms with E-state index >= 15 is 0 Å². The summed E-state index contributed by atoms with van der Waals surface area (Å²) >= 11 is 0. The van der Waals surface area contributed by atoms with Gasteiger partial charge < -0.3 is 11.1 Å². The van der Waals surface area contributed by atoms with Crippen molar-refractivity contribution in [3.8, 4) is 5.69 Å². The third-order valence-corrected chi connectivity index (χ3v) is 4.99. The third kappa shape index (κ3) is 3.41. The standard InChI is InChI=1S/C21H20F3N5O/c1-12(10-25)26-20(30)13-3-8-18-16(9-13)17-11-28(2)27-19(17)29(18)15-6-4-14(5-7-15)21(22,23)24/h3-9,11-12H,10,25H2,1-2H3,(H,26,30). The van der Waals surface area contributed by atoms with E-state index in [1.165, 1.54) is 12.1 Å². The van der Waals surface area contributed by atoms with Crippen LogP contribution < -0.4 is 11.1 Å². The summed E-state index contributed by atoms with van der Waals surface area (Å²) in [7, 11) is 1.77. The number of carbonyl (C=O) groups is 1. The van der Waals surface area contributed by atoms with Crippen molar-refractivity contribution in [3.63, 3.8) is 0 Å². The lowest BCUT2D eigenvalue weighted by Crippen LogP contribution is -2.37. The molecule has 0 aliphatic heterocycles. The summed E-state index contributed by atoms with van der Waals surface area (Å²) in [6.07, 6.45) is -2.58. The fourth-order valence-electron chi connectivity index (χ4n) is 3.46. The van der Waals surface area contributed by atoms with Gasteiger partial charge in [0.1, 0.15) is 0 Å². The number of nitrogens with one attached hydrogen (secondary N) is 1. The summed E-state index contributed by atoms with van der Waals surface area (Å²) in [4.78, 5) is 12.5. The van der Waals surface area contributed by atoms with E-state index < -0.39 is 11.7 Å². The lowest BCUT2D eigenvalue weighted by Gasteiger charge is -2.12. The van der Waals surface area contributed by atoms with E-state index in [9.17, 15) is 18.0 Å². The topological polar surface area (TPSA) is 77.9 Å². The maximum absolute atomic E-state index is 12.9. The number of carbonyl (C=O) groups excluding carboxylic acids is 1. The van der Waals surface area contributed by atoms with Crippen LogP contribution in [0, 0.1) is 0 Å². The molecule has 0 radical (unpaired) electrons. The number of amides is 1. The number of hydrogen-bond donors (Lipinski definition) is 2. The van der Waals surface area contributed by atoms with Gasteiger partial charge in [0.15, 0.2) is 5.65 Å². The van der Waals surface area contributed by atoms with Crippen molar-refractivity contribution < 1.29 is 18.0 Å². The van der Waals surface area contributed by atoms with Crippen LogP contribution >= 0.6 is 0 Å². The van der Waals surface area contributed by atoms with Gasteiger partial charge in [0.25, 0.3) is 5.91 Å². The number of aromatic nitrogens is 3. The first-order valence-corrected chi connectivity index (χ1v) is 9.35. The molecule has 2 aromatic heterocycles. The minimum atomic E-state index is -4.40. The second-order valence-corrected chi connectivity index (χ2v) is 7.26. The van der Waals surface area contributed by atoms with Gasteiger partial charge in [-0.3, -0.25) is 14.0 Å². The Morgan fingerprint density at radius 2 is 1.87 bits per heavy atom. The van der Waals surface area contributed by atoms with Crippen LogP contribution in [0.4, 0.5) is 13.2 Å². The van der Waals surface area contributed by atoms with Crippen LogP contribution in [-0.4, -0.2) is 32.8 Å². The van der Waals surface area contributed by atoms with Crippen LogP contribution in [0.5, 0.6) is 0 Å². The largest absolute Gasteiger partial charge is 0.416 e. The number of hydrogen-bond acceptors (Lipinski definition) is 3. The van der Waals surface area contributed by atoms with E-state index in [-0.39, 0.29) is 11.9 Å². The van der Waals surface area contributed by atoms with Crippen LogP contribution in [0.15, 0.2) is 48.7 Å². The molecule has 6 nitrogen and oxygen atoms in total. The molecule has 1 amide bonds. The molecule has 0 aliphatic rings. The minimum absolute atomic E-state index is 0.164. The van der Waals surface area contributed by atoms with Gasteiger partial charge in [-0.1, -0.05) is 0 Å². The first kappa shape index (κ1) is 20.0. The molecule has 156 valence electrons. The second-order valence-electron chi connectivity index (χ2n) is 7.26. The monoisotopic (exact) mass is 415 g/mol. The van der Waals surface area contributed by atoms with E-state index in [1.807, 2.05) is 13.1 Å². The molecular formula is C21H20F3N5O. The van der Waals surface area contributed by atoms with Gasteiger partial charge in [0.05, 0.1) is 11.1 Å². The van der Waals surface area contributed by atoms with Gasteiger partial charge in [-0.2, -0.15) is 18.3 Å². The molecule has 1 unspecified atom stereocenters. The summed E-state index contributed by atoms with van der Waals surface area (Å²) in [5, 5.41) is 8.88. The summed E-state index contributed by atoms with van der Waals surface area (Å²) in [5.41, 5.74) is 7.22. The van der Waals surface area contributed by atoms with Crippen LogP contribution in [0.1, 0.15) is 22.8 Å². The molecular weight excluding hydrogens is 395 g/mol. The smallest absolute Gasteiger partial charge is 0.348 e. The molecule has 30 heavy (non-hydrogen) atoms. The Morgan fingerprint density at radius 3 is 2.50 bits per heavy atom. The van der Waals surface area contributed by atoms with E-state index in [0.717, 1.165) is 28.4 Å². The molecule has 0 saturated heterocycles. The molecule has 0 fully saturated rings. The quantitative estimate of drug-likeness (QED) is 0.535. The number of halogens is 3. The zero-order valence-electron chi connectivity index (χ0n) is 16.4. The predicted molar refractivity (Wildman–Crippen MR) is 109 cm³/mol. The van der Waals surface area contributed by atoms with Crippen LogP contribution in [0.2, 0.25) is 0 Å². The molecule has 2 heterocycles. The molecule has 3 N–H and O–H groups in total. The predicted octanol–water partition coefficient (Wildman–Crippen LogP) is 3.61. The van der Waals surface area contributed by atoms with Gasteiger partial charge in [-0.15, -0.1) is 0 Å².